The summed E-state index contributed by atoms with van der Waals surface area (Å²) < 4.78 is 5.45. The Morgan fingerprint density at radius 1 is 1.67 bits per heavy atom. The van der Waals surface area contributed by atoms with Crippen molar-refractivity contribution in [2.75, 3.05) is 17.8 Å². The summed E-state index contributed by atoms with van der Waals surface area (Å²) in [4.78, 5) is 11.0. The van der Waals surface area contributed by atoms with Gasteiger partial charge in [0, 0.05) is 6.61 Å². The van der Waals surface area contributed by atoms with Crippen LogP contribution in [0.5, 0.6) is 0 Å². The fraction of sp³-hybridized carbons (Fsp3) is 0.625. The summed E-state index contributed by atoms with van der Waals surface area (Å²) in [5.74, 6) is -0.346. The van der Waals surface area contributed by atoms with E-state index in [0.717, 1.165) is 24.5 Å². The molecule has 2 heterocycles. The SMILES string of the molecule is O=C(CCl)Nc1nnc([C@H]2CCCO2)s1. The van der Waals surface area contributed by atoms with Crippen LogP contribution in [0.4, 0.5) is 5.13 Å². The maximum absolute atomic E-state index is 11.0. The number of carbonyl (C=O) groups excluding carboxylic acids is 1. The average molecular weight is 248 g/mol. The van der Waals surface area contributed by atoms with E-state index in [1.165, 1.54) is 11.3 Å². The largest absolute Gasteiger partial charge is 0.371 e. The summed E-state index contributed by atoms with van der Waals surface area (Å²) in [6.07, 6.45) is 2.07. The Balaban J connectivity index is 2.00. The number of aromatic nitrogens is 2. The van der Waals surface area contributed by atoms with Gasteiger partial charge in [0.05, 0.1) is 0 Å². The van der Waals surface area contributed by atoms with E-state index in [0.29, 0.717) is 5.13 Å². The summed E-state index contributed by atoms with van der Waals surface area (Å²) in [7, 11) is 0. The Bertz CT molecular complexity index is 351. The zero-order chi connectivity index (χ0) is 10.7. The van der Waals surface area contributed by atoms with Gasteiger partial charge in [0.15, 0.2) is 0 Å². The molecule has 1 saturated heterocycles. The zero-order valence-electron chi connectivity index (χ0n) is 7.90. The van der Waals surface area contributed by atoms with Crippen molar-refractivity contribution in [3.63, 3.8) is 0 Å². The highest BCUT2D eigenvalue weighted by molar-refractivity contribution is 7.15. The highest BCUT2D eigenvalue weighted by Crippen LogP contribution is 2.31. The minimum Gasteiger partial charge on any atom is -0.371 e. The molecule has 5 nitrogen and oxygen atoms in total. The maximum Gasteiger partial charge on any atom is 0.241 e. The Labute approximate surface area is 95.8 Å². The summed E-state index contributed by atoms with van der Waals surface area (Å²) in [6.45, 7) is 0.771. The van der Waals surface area contributed by atoms with Crippen molar-refractivity contribution in [2.45, 2.75) is 18.9 Å². The third-order valence-corrected chi connectivity index (χ3v) is 3.19. The van der Waals surface area contributed by atoms with Crippen molar-refractivity contribution in [3.8, 4) is 0 Å². The molecule has 1 aromatic rings. The van der Waals surface area contributed by atoms with E-state index in [1.54, 1.807) is 0 Å². The van der Waals surface area contributed by atoms with E-state index in [4.69, 9.17) is 16.3 Å². The van der Waals surface area contributed by atoms with E-state index >= 15 is 0 Å². The Kier molecular flexibility index (Phi) is 3.50. The molecule has 0 aromatic carbocycles. The van der Waals surface area contributed by atoms with Crippen molar-refractivity contribution >= 4 is 34.0 Å². The van der Waals surface area contributed by atoms with Crippen LogP contribution in [0.25, 0.3) is 0 Å². The van der Waals surface area contributed by atoms with Crippen LogP contribution in [-0.2, 0) is 9.53 Å². The first-order valence-corrected chi connectivity index (χ1v) is 5.95. The maximum atomic E-state index is 11.0. The number of hydrogen-bond donors (Lipinski definition) is 1. The first-order valence-electron chi connectivity index (χ1n) is 4.60. The van der Waals surface area contributed by atoms with Gasteiger partial charge in [-0.2, -0.15) is 0 Å². The molecule has 0 spiro atoms. The minimum atomic E-state index is -0.272. The van der Waals surface area contributed by atoms with Crippen LogP contribution < -0.4 is 5.32 Å². The monoisotopic (exact) mass is 247 g/mol. The van der Waals surface area contributed by atoms with Gasteiger partial charge in [-0.15, -0.1) is 21.8 Å². The molecule has 0 radical (unpaired) electrons. The van der Waals surface area contributed by atoms with Gasteiger partial charge in [-0.05, 0) is 12.8 Å². The molecule has 1 fully saturated rings. The lowest BCUT2D eigenvalue weighted by Gasteiger charge is -2.01. The average Bonchev–Trinajstić information content (AvgIpc) is 2.85. The molecule has 2 rings (SSSR count). The number of carbonyl (C=O) groups is 1. The normalized spacial score (nSPS) is 20.5. The van der Waals surface area contributed by atoms with Gasteiger partial charge in [0.25, 0.3) is 0 Å². The lowest BCUT2D eigenvalue weighted by molar-refractivity contribution is -0.113. The van der Waals surface area contributed by atoms with Crippen LogP contribution in [0.2, 0.25) is 0 Å². The molecule has 1 atom stereocenters. The molecular weight excluding hydrogens is 238 g/mol. The van der Waals surface area contributed by atoms with Gasteiger partial charge in [0.1, 0.15) is 17.0 Å². The molecule has 15 heavy (non-hydrogen) atoms. The van der Waals surface area contributed by atoms with E-state index in [2.05, 4.69) is 15.5 Å². The number of alkyl halides is 1. The van der Waals surface area contributed by atoms with Crippen molar-refractivity contribution in [1.29, 1.82) is 0 Å². The highest BCUT2D eigenvalue weighted by Gasteiger charge is 2.22. The first kappa shape index (κ1) is 10.8. The second-order valence-electron chi connectivity index (χ2n) is 3.13. The van der Waals surface area contributed by atoms with Crippen LogP contribution in [0.15, 0.2) is 0 Å². The molecule has 1 aliphatic heterocycles. The molecular formula is C8H10ClN3O2S. The summed E-state index contributed by atoms with van der Waals surface area (Å²) >= 11 is 6.69. The van der Waals surface area contributed by atoms with Gasteiger partial charge in [-0.25, -0.2) is 0 Å². The molecule has 0 saturated carbocycles. The number of halogens is 1. The van der Waals surface area contributed by atoms with E-state index in [1.807, 2.05) is 0 Å². The van der Waals surface area contributed by atoms with Crippen LogP contribution >= 0.6 is 22.9 Å². The van der Waals surface area contributed by atoms with Crippen LogP contribution in [0.1, 0.15) is 24.0 Å². The number of ether oxygens (including phenoxy) is 1. The number of nitrogens with zero attached hydrogens (tertiary/aromatic N) is 2. The Morgan fingerprint density at radius 3 is 3.20 bits per heavy atom. The van der Waals surface area contributed by atoms with Gasteiger partial charge < -0.3 is 4.74 Å². The van der Waals surface area contributed by atoms with Crippen molar-refractivity contribution in [2.24, 2.45) is 0 Å². The summed E-state index contributed by atoms with van der Waals surface area (Å²) in [5.41, 5.74) is 0. The minimum absolute atomic E-state index is 0.0455. The first-order chi connectivity index (χ1) is 7.29. The number of amides is 1. The van der Waals surface area contributed by atoms with E-state index < -0.39 is 0 Å². The molecule has 1 N–H and O–H groups in total. The molecule has 0 aliphatic carbocycles. The fourth-order valence-electron chi connectivity index (χ4n) is 1.34. The predicted molar refractivity (Wildman–Crippen MR) is 57.2 cm³/mol. The molecule has 7 heteroatoms. The van der Waals surface area contributed by atoms with Gasteiger partial charge in [-0.3, -0.25) is 10.1 Å². The van der Waals surface area contributed by atoms with Gasteiger partial charge in [-0.1, -0.05) is 11.3 Å². The van der Waals surface area contributed by atoms with Crippen LogP contribution in [0, 0.1) is 0 Å². The second-order valence-corrected chi connectivity index (χ2v) is 4.41. The molecule has 0 unspecified atom stereocenters. The Hall–Kier alpha value is -0.720. The molecule has 0 bridgehead atoms. The summed E-state index contributed by atoms with van der Waals surface area (Å²) in [5, 5.41) is 11.7. The quantitative estimate of drug-likeness (QED) is 0.824. The van der Waals surface area contributed by atoms with Crippen molar-refractivity contribution < 1.29 is 9.53 Å². The topological polar surface area (TPSA) is 64.1 Å². The van der Waals surface area contributed by atoms with E-state index in [9.17, 15) is 4.79 Å². The second kappa shape index (κ2) is 4.87. The molecule has 82 valence electrons. The van der Waals surface area contributed by atoms with Crippen LogP contribution in [0.3, 0.4) is 0 Å². The van der Waals surface area contributed by atoms with Gasteiger partial charge >= 0.3 is 0 Å². The fourth-order valence-corrected chi connectivity index (χ4v) is 2.25. The lowest BCUT2D eigenvalue weighted by atomic mass is 10.2. The van der Waals surface area contributed by atoms with Crippen molar-refractivity contribution in [1.82, 2.24) is 10.2 Å². The third-order valence-electron chi connectivity index (χ3n) is 2.01. The molecule has 1 amide bonds. The number of rotatable bonds is 3. The zero-order valence-corrected chi connectivity index (χ0v) is 9.48. The van der Waals surface area contributed by atoms with Crippen LogP contribution in [-0.4, -0.2) is 28.6 Å². The molecule has 1 aliphatic rings. The highest BCUT2D eigenvalue weighted by atomic mass is 35.5. The third kappa shape index (κ3) is 2.64. The van der Waals surface area contributed by atoms with E-state index in [-0.39, 0.29) is 17.9 Å². The standard InChI is InChI=1S/C8H10ClN3O2S/c9-4-6(13)10-8-12-11-7(15-8)5-2-1-3-14-5/h5H,1-4H2,(H,10,12,13)/t5-/m1/s1. The number of anilines is 1. The van der Waals surface area contributed by atoms with Gasteiger partial charge in [0.2, 0.25) is 11.0 Å². The predicted octanol–water partition coefficient (Wildman–Crippen LogP) is 1.57. The number of hydrogen-bond acceptors (Lipinski definition) is 5. The Morgan fingerprint density at radius 2 is 2.53 bits per heavy atom. The lowest BCUT2D eigenvalue weighted by Crippen LogP contribution is -2.12. The summed E-state index contributed by atoms with van der Waals surface area (Å²) in [6, 6.07) is 0. The van der Waals surface area contributed by atoms with Crippen molar-refractivity contribution in [3.05, 3.63) is 5.01 Å². The molecule has 1 aromatic heterocycles. The smallest absolute Gasteiger partial charge is 0.241 e. The number of nitrogens with one attached hydrogen (secondary N) is 1.